The van der Waals surface area contributed by atoms with Gasteiger partial charge in [0.1, 0.15) is 4.75 Å². The molecule has 2 atom stereocenters. The lowest BCUT2D eigenvalue weighted by Gasteiger charge is -2.41. The van der Waals surface area contributed by atoms with E-state index < -0.39 is 21.6 Å². The first kappa shape index (κ1) is 19.3. The summed E-state index contributed by atoms with van der Waals surface area (Å²) in [6.45, 7) is 10.0. The van der Waals surface area contributed by atoms with Gasteiger partial charge >= 0.3 is 5.97 Å². The highest BCUT2D eigenvalue weighted by atomic mass is 32.2. The van der Waals surface area contributed by atoms with Crippen molar-refractivity contribution in [1.82, 2.24) is 4.72 Å². The standard InChI is InChI=1S/C19H29NO3S/c1-6-23-17(21)13-19(20-24(22)18(3,4)5)11-7-8-15-10-9-14(2)12-16(15)19/h9-10,12,20H,6-8,11,13H2,1-5H3. The third-order valence-corrected chi connectivity index (χ3v) is 6.11. The lowest BCUT2D eigenvalue weighted by molar-refractivity contribution is -0.145. The molecule has 0 aliphatic heterocycles. The van der Waals surface area contributed by atoms with Gasteiger partial charge in [-0.2, -0.15) is 0 Å². The topological polar surface area (TPSA) is 61.4 Å². The van der Waals surface area contributed by atoms with E-state index >= 15 is 0 Å². The average Bonchev–Trinajstić information content (AvgIpc) is 2.47. The van der Waals surface area contributed by atoms with Crippen LogP contribution in [-0.4, -0.2) is 21.9 Å². The van der Waals surface area contributed by atoms with Crippen LogP contribution in [0.2, 0.25) is 0 Å². The minimum Gasteiger partial charge on any atom is -0.598 e. The predicted octanol–water partition coefficient (Wildman–Crippen LogP) is 3.53. The Balaban J connectivity index is 2.45. The van der Waals surface area contributed by atoms with Crippen molar-refractivity contribution in [3.05, 3.63) is 34.9 Å². The third kappa shape index (κ3) is 4.32. The lowest BCUT2D eigenvalue weighted by atomic mass is 9.75. The summed E-state index contributed by atoms with van der Waals surface area (Å²) in [5.41, 5.74) is 2.85. The fourth-order valence-electron chi connectivity index (χ4n) is 3.18. The molecular weight excluding hydrogens is 322 g/mol. The molecule has 1 aromatic rings. The molecular formula is C19H29NO3S. The molecule has 0 spiro atoms. The van der Waals surface area contributed by atoms with Crippen molar-refractivity contribution in [3.8, 4) is 0 Å². The first-order chi connectivity index (χ1) is 11.2. The third-order valence-electron chi connectivity index (χ3n) is 4.43. The molecule has 2 rings (SSSR count). The molecule has 2 unspecified atom stereocenters. The van der Waals surface area contributed by atoms with Crippen LogP contribution in [0.3, 0.4) is 0 Å². The van der Waals surface area contributed by atoms with Crippen molar-refractivity contribution >= 4 is 17.3 Å². The molecule has 0 radical (unpaired) electrons. The van der Waals surface area contributed by atoms with E-state index in [1.807, 2.05) is 34.6 Å². The molecule has 1 aliphatic rings. The first-order valence-electron chi connectivity index (χ1n) is 8.63. The van der Waals surface area contributed by atoms with Crippen molar-refractivity contribution in [1.29, 1.82) is 0 Å². The molecule has 4 nitrogen and oxygen atoms in total. The van der Waals surface area contributed by atoms with Crippen LogP contribution in [0, 0.1) is 6.92 Å². The summed E-state index contributed by atoms with van der Waals surface area (Å²) in [6.07, 6.45) is 2.94. The van der Waals surface area contributed by atoms with Crippen molar-refractivity contribution < 1.29 is 14.1 Å². The quantitative estimate of drug-likeness (QED) is 0.651. The van der Waals surface area contributed by atoms with Gasteiger partial charge in [0, 0.05) is 11.4 Å². The zero-order chi connectivity index (χ0) is 18.0. The number of carbonyl (C=O) groups excluding carboxylic acids is 1. The molecule has 0 aromatic heterocycles. The molecule has 0 fully saturated rings. The fraction of sp³-hybridized carbons (Fsp3) is 0.632. The van der Waals surface area contributed by atoms with E-state index in [0.29, 0.717) is 6.61 Å². The van der Waals surface area contributed by atoms with Gasteiger partial charge in [-0.3, -0.25) is 4.79 Å². The lowest BCUT2D eigenvalue weighted by Crippen LogP contribution is -2.53. The number of nitrogens with one attached hydrogen (secondary N) is 1. The maximum absolute atomic E-state index is 12.8. The Morgan fingerprint density at radius 2 is 2.12 bits per heavy atom. The van der Waals surface area contributed by atoms with Crippen LogP contribution in [-0.2, 0) is 32.9 Å². The molecule has 0 amide bonds. The van der Waals surface area contributed by atoms with E-state index in [1.54, 1.807) is 0 Å². The molecule has 1 N–H and O–H groups in total. The molecule has 5 heteroatoms. The second-order valence-corrected chi connectivity index (χ2v) is 9.53. The number of benzene rings is 1. The van der Waals surface area contributed by atoms with Gasteiger partial charge in [-0.05, 0) is 65.0 Å². The molecule has 1 aliphatic carbocycles. The van der Waals surface area contributed by atoms with E-state index in [9.17, 15) is 9.35 Å². The number of esters is 1. The minimum atomic E-state index is -1.27. The normalized spacial score (nSPS) is 21.9. The van der Waals surface area contributed by atoms with Crippen LogP contribution in [0.4, 0.5) is 0 Å². The zero-order valence-electron chi connectivity index (χ0n) is 15.4. The summed E-state index contributed by atoms with van der Waals surface area (Å²) < 4.78 is 20.9. The summed E-state index contributed by atoms with van der Waals surface area (Å²) >= 11 is -1.27. The minimum absolute atomic E-state index is 0.207. The van der Waals surface area contributed by atoms with Gasteiger partial charge in [0.15, 0.2) is 0 Å². The van der Waals surface area contributed by atoms with Crippen LogP contribution in [0.15, 0.2) is 18.2 Å². The summed E-state index contributed by atoms with van der Waals surface area (Å²) in [5.74, 6) is -0.245. The average molecular weight is 352 g/mol. The van der Waals surface area contributed by atoms with Gasteiger partial charge in [0.2, 0.25) is 0 Å². The van der Waals surface area contributed by atoms with Crippen molar-refractivity contribution in [3.63, 3.8) is 0 Å². The van der Waals surface area contributed by atoms with Crippen molar-refractivity contribution in [2.75, 3.05) is 6.61 Å². The Morgan fingerprint density at radius 3 is 2.75 bits per heavy atom. The number of carbonyl (C=O) groups is 1. The number of ether oxygens (including phenoxy) is 1. The highest BCUT2D eigenvalue weighted by molar-refractivity contribution is 7.90. The van der Waals surface area contributed by atoms with Gasteiger partial charge in [0.25, 0.3) is 0 Å². The smallest absolute Gasteiger partial charge is 0.308 e. The maximum Gasteiger partial charge on any atom is 0.308 e. The van der Waals surface area contributed by atoms with Gasteiger partial charge in [-0.1, -0.05) is 23.8 Å². The van der Waals surface area contributed by atoms with Crippen LogP contribution in [0.5, 0.6) is 0 Å². The molecule has 134 valence electrons. The summed E-state index contributed by atoms with van der Waals surface area (Å²) in [6, 6.07) is 6.35. The summed E-state index contributed by atoms with van der Waals surface area (Å²) in [7, 11) is 0. The monoisotopic (exact) mass is 351 g/mol. The molecule has 0 saturated heterocycles. The van der Waals surface area contributed by atoms with Crippen LogP contribution < -0.4 is 4.72 Å². The molecule has 1 aromatic carbocycles. The van der Waals surface area contributed by atoms with E-state index in [1.165, 1.54) is 5.56 Å². The molecule has 24 heavy (non-hydrogen) atoms. The number of hydrogen-bond acceptors (Lipinski definition) is 4. The summed E-state index contributed by atoms with van der Waals surface area (Å²) in [5, 5.41) is 0. The Labute approximate surface area is 148 Å². The van der Waals surface area contributed by atoms with Gasteiger partial charge in [-0.15, -0.1) is 4.72 Å². The largest absolute Gasteiger partial charge is 0.598 e. The number of rotatable bonds is 5. The van der Waals surface area contributed by atoms with E-state index in [4.69, 9.17) is 4.74 Å². The second-order valence-electron chi connectivity index (χ2n) is 7.56. The first-order valence-corrected chi connectivity index (χ1v) is 9.78. The number of aryl methyl sites for hydroxylation is 2. The van der Waals surface area contributed by atoms with Crippen molar-refractivity contribution in [2.24, 2.45) is 0 Å². The fourth-order valence-corrected chi connectivity index (χ4v) is 4.13. The highest BCUT2D eigenvalue weighted by Gasteiger charge is 2.45. The van der Waals surface area contributed by atoms with Crippen LogP contribution in [0.25, 0.3) is 0 Å². The van der Waals surface area contributed by atoms with Crippen LogP contribution in [0.1, 0.15) is 63.6 Å². The Kier molecular flexibility index (Phi) is 6.00. The molecule has 0 heterocycles. The van der Waals surface area contributed by atoms with Crippen molar-refractivity contribution in [2.45, 2.75) is 70.6 Å². The molecule has 0 bridgehead atoms. The van der Waals surface area contributed by atoms with Gasteiger partial charge in [0.05, 0.1) is 18.6 Å². The zero-order valence-corrected chi connectivity index (χ0v) is 16.2. The SMILES string of the molecule is CCOC(=O)CC1(N[S+]([O-])C(C)(C)C)CCCc2ccc(C)cc21. The second kappa shape index (κ2) is 7.46. The number of fused-ring (bicyclic) bond motifs is 1. The van der Waals surface area contributed by atoms with E-state index in [2.05, 4.69) is 22.9 Å². The molecule has 0 saturated carbocycles. The Hall–Kier alpha value is -1.04. The maximum atomic E-state index is 12.8. The highest BCUT2D eigenvalue weighted by Crippen LogP contribution is 2.40. The van der Waals surface area contributed by atoms with E-state index in [0.717, 1.165) is 30.4 Å². The van der Waals surface area contributed by atoms with Crippen LogP contribution >= 0.6 is 0 Å². The van der Waals surface area contributed by atoms with Gasteiger partial charge < -0.3 is 9.29 Å². The number of hydrogen-bond donors (Lipinski definition) is 1. The predicted molar refractivity (Wildman–Crippen MR) is 98.1 cm³/mol. The Morgan fingerprint density at radius 1 is 1.42 bits per heavy atom. The Bertz CT molecular complexity index is 597. The summed E-state index contributed by atoms with van der Waals surface area (Å²) in [4.78, 5) is 12.3. The van der Waals surface area contributed by atoms with E-state index in [-0.39, 0.29) is 12.4 Å². The van der Waals surface area contributed by atoms with Gasteiger partial charge in [-0.25, -0.2) is 0 Å².